The molecule has 2 rings (SSSR count). The van der Waals surface area contributed by atoms with Crippen LogP contribution in [0, 0.1) is 5.41 Å². The first-order valence-corrected chi connectivity index (χ1v) is 9.84. The summed E-state index contributed by atoms with van der Waals surface area (Å²) in [5.41, 5.74) is 7.33. The van der Waals surface area contributed by atoms with Gasteiger partial charge in [0.15, 0.2) is 0 Å². The highest BCUT2D eigenvalue weighted by Gasteiger charge is 2.26. The number of hydrogen-bond acceptors (Lipinski definition) is 1. The Bertz CT molecular complexity index is 635. The smallest absolute Gasteiger partial charge is 0.143 e. The molecule has 0 aromatic carbocycles. The predicted molar refractivity (Wildman–Crippen MR) is 109 cm³/mol. The first-order chi connectivity index (χ1) is 11.9. The van der Waals surface area contributed by atoms with E-state index >= 15 is 0 Å². The number of aldehydes is 1. The van der Waals surface area contributed by atoms with Crippen LogP contribution in [0.15, 0.2) is 58.2 Å². The second-order valence-electron chi connectivity index (χ2n) is 8.26. The van der Waals surface area contributed by atoms with Gasteiger partial charge in [-0.3, -0.25) is 4.79 Å². The van der Waals surface area contributed by atoms with Crippen molar-refractivity contribution in [2.75, 3.05) is 0 Å². The van der Waals surface area contributed by atoms with Gasteiger partial charge >= 0.3 is 0 Å². The first-order valence-electron chi connectivity index (χ1n) is 9.84. The summed E-state index contributed by atoms with van der Waals surface area (Å²) in [4.78, 5) is 10.6. The minimum absolute atomic E-state index is 0.295. The lowest BCUT2D eigenvalue weighted by molar-refractivity contribution is -0.104. The molecule has 0 unspecified atom stereocenters. The Morgan fingerprint density at radius 3 is 2.24 bits per heavy atom. The normalized spacial score (nSPS) is 22.8. The molecule has 136 valence electrons. The molecule has 0 atom stereocenters. The van der Waals surface area contributed by atoms with Gasteiger partial charge in [0.25, 0.3) is 0 Å². The zero-order valence-electron chi connectivity index (χ0n) is 16.5. The highest BCUT2D eigenvalue weighted by molar-refractivity contribution is 5.67. The monoisotopic (exact) mass is 338 g/mol. The van der Waals surface area contributed by atoms with Crippen LogP contribution >= 0.6 is 0 Å². The van der Waals surface area contributed by atoms with Gasteiger partial charge in [-0.1, -0.05) is 50.1 Å². The van der Waals surface area contributed by atoms with E-state index in [4.69, 9.17) is 0 Å². The van der Waals surface area contributed by atoms with Crippen molar-refractivity contribution in [2.24, 2.45) is 5.41 Å². The largest absolute Gasteiger partial charge is 0.299 e. The number of rotatable bonds is 5. The van der Waals surface area contributed by atoms with Crippen LogP contribution in [-0.4, -0.2) is 6.29 Å². The Morgan fingerprint density at radius 2 is 1.60 bits per heavy atom. The summed E-state index contributed by atoms with van der Waals surface area (Å²) in [7, 11) is 0. The van der Waals surface area contributed by atoms with E-state index in [0.29, 0.717) is 5.41 Å². The highest BCUT2D eigenvalue weighted by Crippen LogP contribution is 2.41. The lowest BCUT2D eigenvalue weighted by Gasteiger charge is -2.33. The molecule has 0 fully saturated rings. The first kappa shape index (κ1) is 19.7. The molecule has 0 aromatic rings. The van der Waals surface area contributed by atoms with Crippen LogP contribution in [0.3, 0.4) is 0 Å². The summed E-state index contributed by atoms with van der Waals surface area (Å²) in [6, 6.07) is 0. The molecule has 0 spiro atoms. The van der Waals surface area contributed by atoms with E-state index in [9.17, 15) is 4.79 Å². The van der Waals surface area contributed by atoms with Gasteiger partial charge in [-0.2, -0.15) is 0 Å². The molecule has 0 saturated heterocycles. The molecule has 0 bridgehead atoms. The molecular formula is C24H34O. The average molecular weight is 339 g/mol. The number of carbonyl (C=O) groups is 1. The van der Waals surface area contributed by atoms with Crippen LogP contribution in [0.1, 0.15) is 79.1 Å². The zero-order chi connectivity index (χ0) is 18.3. The quantitative estimate of drug-likeness (QED) is 0.299. The third-order valence-corrected chi connectivity index (χ3v) is 5.68. The lowest BCUT2D eigenvalue weighted by atomic mass is 9.72. The van der Waals surface area contributed by atoms with E-state index in [1.54, 1.807) is 11.6 Å². The van der Waals surface area contributed by atoms with Gasteiger partial charge in [-0.25, -0.2) is 0 Å². The van der Waals surface area contributed by atoms with Crippen LogP contribution in [-0.2, 0) is 4.79 Å². The van der Waals surface area contributed by atoms with E-state index in [2.05, 4.69) is 45.1 Å². The topological polar surface area (TPSA) is 17.1 Å². The summed E-state index contributed by atoms with van der Waals surface area (Å²) in [5.74, 6) is 0. The molecule has 2 aliphatic rings. The SMILES string of the molecule is CC1=C(/C=C/C2=C(/C=C/C(C)=C/C=O)CCCCC2)C(C)(C)CCC1. The lowest BCUT2D eigenvalue weighted by Crippen LogP contribution is -2.19. The van der Waals surface area contributed by atoms with Crippen molar-refractivity contribution in [3.05, 3.63) is 58.2 Å². The van der Waals surface area contributed by atoms with E-state index in [1.165, 1.54) is 61.7 Å². The summed E-state index contributed by atoms with van der Waals surface area (Å²) in [6.45, 7) is 9.04. The maximum absolute atomic E-state index is 10.6. The number of carbonyl (C=O) groups excluding carboxylic acids is 1. The fourth-order valence-corrected chi connectivity index (χ4v) is 4.10. The zero-order valence-corrected chi connectivity index (χ0v) is 16.5. The third-order valence-electron chi connectivity index (χ3n) is 5.68. The van der Waals surface area contributed by atoms with Crippen molar-refractivity contribution in [1.82, 2.24) is 0 Å². The Labute approximate surface area is 154 Å². The van der Waals surface area contributed by atoms with E-state index < -0.39 is 0 Å². The van der Waals surface area contributed by atoms with Gasteiger partial charge in [-0.15, -0.1) is 0 Å². The van der Waals surface area contributed by atoms with Crippen LogP contribution in [0.25, 0.3) is 0 Å². The predicted octanol–water partition coefficient (Wildman–Crippen LogP) is 7.03. The van der Waals surface area contributed by atoms with Gasteiger partial charge in [-0.05, 0) is 92.6 Å². The second-order valence-corrected chi connectivity index (χ2v) is 8.26. The maximum Gasteiger partial charge on any atom is 0.143 e. The summed E-state index contributed by atoms with van der Waals surface area (Å²) >= 11 is 0. The Hall–Kier alpha value is -1.63. The summed E-state index contributed by atoms with van der Waals surface area (Å²) in [6.07, 6.45) is 21.6. The van der Waals surface area contributed by atoms with E-state index in [0.717, 1.165) is 18.3 Å². The van der Waals surface area contributed by atoms with Crippen molar-refractivity contribution < 1.29 is 4.79 Å². The van der Waals surface area contributed by atoms with Crippen molar-refractivity contribution in [3.63, 3.8) is 0 Å². The van der Waals surface area contributed by atoms with Gasteiger partial charge in [0, 0.05) is 0 Å². The van der Waals surface area contributed by atoms with Gasteiger partial charge in [0.1, 0.15) is 6.29 Å². The second kappa shape index (κ2) is 9.17. The standard InChI is InChI=1S/C24H34O/c1-19(16-18-25)12-13-21-10-6-5-7-11-22(21)14-15-23-20(2)9-8-17-24(23,3)4/h12-16,18H,5-11,17H2,1-4H3/b13-12+,15-14+,19-16+. The van der Waals surface area contributed by atoms with E-state index in [-0.39, 0.29) is 0 Å². The molecular weight excluding hydrogens is 304 g/mol. The third kappa shape index (κ3) is 5.70. The van der Waals surface area contributed by atoms with Gasteiger partial charge < -0.3 is 0 Å². The number of allylic oxidation sites excluding steroid dienone is 10. The Kier molecular flexibility index (Phi) is 7.23. The van der Waals surface area contributed by atoms with Crippen molar-refractivity contribution in [3.8, 4) is 0 Å². The molecule has 1 nitrogen and oxygen atoms in total. The van der Waals surface area contributed by atoms with Crippen molar-refractivity contribution in [1.29, 1.82) is 0 Å². The molecule has 2 aliphatic carbocycles. The average Bonchev–Trinajstić information content (AvgIpc) is 2.77. The highest BCUT2D eigenvalue weighted by atomic mass is 16.1. The van der Waals surface area contributed by atoms with Crippen molar-refractivity contribution >= 4 is 6.29 Å². The molecule has 0 heterocycles. The van der Waals surface area contributed by atoms with Gasteiger partial charge in [0.05, 0.1) is 0 Å². The summed E-state index contributed by atoms with van der Waals surface area (Å²) < 4.78 is 0. The number of hydrogen-bond donors (Lipinski definition) is 0. The fourth-order valence-electron chi connectivity index (χ4n) is 4.10. The summed E-state index contributed by atoms with van der Waals surface area (Å²) in [5, 5.41) is 0. The maximum atomic E-state index is 10.6. The molecule has 25 heavy (non-hydrogen) atoms. The van der Waals surface area contributed by atoms with Crippen LogP contribution in [0.4, 0.5) is 0 Å². The van der Waals surface area contributed by atoms with Gasteiger partial charge in [0.2, 0.25) is 0 Å². The molecule has 0 saturated carbocycles. The minimum atomic E-state index is 0.295. The van der Waals surface area contributed by atoms with E-state index in [1.807, 2.05) is 6.92 Å². The Balaban J connectivity index is 2.30. The molecule has 0 aromatic heterocycles. The molecule has 0 aliphatic heterocycles. The Morgan fingerprint density at radius 1 is 0.920 bits per heavy atom. The molecule has 0 N–H and O–H groups in total. The molecule has 1 heteroatoms. The minimum Gasteiger partial charge on any atom is -0.299 e. The van der Waals surface area contributed by atoms with Crippen LogP contribution < -0.4 is 0 Å². The molecule has 0 radical (unpaired) electrons. The van der Waals surface area contributed by atoms with Crippen molar-refractivity contribution in [2.45, 2.75) is 79.1 Å². The molecule has 0 amide bonds. The fraction of sp³-hybridized carbons (Fsp3) is 0.542. The van der Waals surface area contributed by atoms with Crippen LogP contribution in [0.2, 0.25) is 0 Å². The van der Waals surface area contributed by atoms with Crippen LogP contribution in [0.5, 0.6) is 0 Å².